The number of ether oxygens (including phenoxy) is 1. The number of epoxide rings is 1. The van der Waals surface area contributed by atoms with E-state index in [9.17, 15) is 9.50 Å². The molecule has 0 bridgehead atoms. The highest BCUT2D eigenvalue weighted by molar-refractivity contribution is 6.32. The molecule has 0 radical (unpaired) electrons. The fraction of sp³-hybridized carbons (Fsp3) is 0.429. The molecule has 18 heavy (non-hydrogen) atoms. The van der Waals surface area contributed by atoms with Gasteiger partial charge in [0, 0.05) is 5.56 Å². The predicted octanol–water partition coefficient (Wildman–Crippen LogP) is 3.48. The summed E-state index contributed by atoms with van der Waals surface area (Å²) >= 11 is 6.11. The number of aliphatic hydroxyl groups is 1. The van der Waals surface area contributed by atoms with E-state index < -0.39 is 0 Å². The monoisotopic (exact) mass is 268 g/mol. The molecule has 2 atom stereocenters. The van der Waals surface area contributed by atoms with Gasteiger partial charge in [-0.1, -0.05) is 29.8 Å². The van der Waals surface area contributed by atoms with Gasteiger partial charge in [-0.15, -0.1) is 0 Å². The fourth-order valence-corrected chi connectivity index (χ4v) is 2.65. The smallest absolute Gasteiger partial charge is 0.148 e. The molecular formula is C14H14ClFO2. The van der Waals surface area contributed by atoms with Crippen molar-refractivity contribution in [2.75, 3.05) is 6.61 Å². The van der Waals surface area contributed by atoms with E-state index in [1.807, 2.05) is 12.1 Å². The highest BCUT2D eigenvalue weighted by atomic mass is 35.5. The average molecular weight is 269 g/mol. The summed E-state index contributed by atoms with van der Waals surface area (Å²) in [5.74, 6) is -0.372. The number of halogens is 2. The van der Waals surface area contributed by atoms with Gasteiger partial charge in [-0.2, -0.15) is 0 Å². The molecule has 0 saturated carbocycles. The molecule has 1 heterocycles. The zero-order valence-electron chi connectivity index (χ0n) is 9.83. The van der Waals surface area contributed by atoms with Crippen molar-refractivity contribution in [2.45, 2.75) is 31.5 Å². The van der Waals surface area contributed by atoms with Crippen LogP contribution >= 0.6 is 11.6 Å². The lowest BCUT2D eigenvalue weighted by molar-refractivity contribution is 0.166. The minimum Gasteiger partial charge on any atom is -0.393 e. The van der Waals surface area contributed by atoms with Gasteiger partial charge in [0.05, 0.1) is 17.7 Å². The first-order valence-corrected chi connectivity index (χ1v) is 6.51. The molecule has 1 aromatic carbocycles. The van der Waals surface area contributed by atoms with Crippen LogP contribution in [-0.2, 0) is 4.74 Å². The van der Waals surface area contributed by atoms with Crippen LogP contribution in [0.3, 0.4) is 0 Å². The minimum absolute atomic E-state index is 0.126. The molecule has 1 saturated heterocycles. The summed E-state index contributed by atoms with van der Waals surface area (Å²) < 4.78 is 19.2. The molecule has 0 spiro atoms. The number of hydrogen-bond donors (Lipinski definition) is 1. The Bertz CT molecular complexity index is 509. The lowest BCUT2D eigenvalue weighted by Gasteiger charge is -2.19. The standard InChI is InChI=1S/C14H14ClFO2/c15-13-10(8-1-3-9(17)4-2-8)5-6-11(14(13)16)12-7-18-12/h1,5-6,9,12,17H,2-4,7H2. The minimum atomic E-state index is -0.372. The van der Waals surface area contributed by atoms with E-state index >= 15 is 0 Å². The normalized spacial score (nSPS) is 26.9. The third kappa shape index (κ3) is 2.18. The first-order valence-electron chi connectivity index (χ1n) is 6.14. The van der Waals surface area contributed by atoms with Crippen LogP contribution in [0.15, 0.2) is 18.2 Å². The number of benzene rings is 1. The van der Waals surface area contributed by atoms with Crippen molar-refractivity contribution in [1.29, 1.82) is 0 Å². The molecular weight excluding hydrogens is 255 g/mol. The summed E-state index contributed by atoms with van der Waals surface area (Å²) in [5, 5.41) is 9.63. The Kier molecular flexibility index (Phi) is 3.14. The van der Waals surface area contributed by atoms with Crippen LogP contribution in [0, 0.1) is 5.82 Å². The molecule has 1 aliphatic carbocycles. The topological polar surface area (TPSA) is 32.8 Å². The van der Waals surface area contributed by atoms with Gasteiger partial charge in [0.15, 0.2) is 0 Å². The highest BCUT2D eigenvalue weighted by Gasteiger charge is 2.30. The van der Waals surface area contributed by atoms with Crippen LogP contribution in [0.2, 0.25) is 5.02 Å². The summed E-state index contributed by atoms with van der Waals surface area (Å²) in [4.78, 5) is 0. The molecule has 1 fully saturated rings. The first kappa shape index (κ1) is 12.2. The van der Waals surface area contributed by atoms with Crippen molar-refractivity contribution < 1.29 is 14.2 Å². The second-order valence-corrected chi connectivity index (χ2v) is 5.19. The van der Waals surface area contributed by atoms with E-state index in [-0.39, 0.29) is 23.0 Å². The maximum absolute atomic E-state index is 14.1. The third-order valence-corrected chi connectivity index (χ3v) is 3.89. The molecule has 4 heteroatoms. The molecule has 2 nitrogen and oxygen atoms in total. The van der Waals surface area contributed by atoms with Gasteiger partial charge in [-0.3, -0.25) is 0 Å². The van der Waals surface area contributed by atoms with Crippen LogP contribution in [0.1, 0.15) is 36.5 Å². The van der Waals surface area contributed by atoms with Crippen molar-refractivity contribution in [3.8, 4) is 0 Å². The molecule has 3 rings (SSSR count). The third-order valence-electron chi connectivity index (χ3n) is 3.52. The van der Waals surface area contributed by atoms with Gasteiger partial charge in [-0.25, -0.2) is 4.39 Å². The Balaban J connectivity index is 1.95. The molecule has 1 aliphatic heterocycles. The van der Waals surface area contributed by atoms with Crippen LogP contribution in [-0.4, -0.2) is 17.8 Å². The van der Waals surface area contributed by atoms with Gasteiger partial charge in [-0.05, 0) is 30.4 Å². The van der Waals surface area contributed by atoms with Crippen LogP contribution in [0.25, 0.3) is 5.57 Å². The van der Waals surface area contributed by atoms with E-state index in [2.05, 4.69) is 0 Å². The predicted molar refractivity (Wildman–Crippen MR) is 67.9 cm³/mol. The van der Waals surface area contributed by atoms with Crippen LogP contribution in [0.4, 0.5) is 4.39 Å². The van der Waals surface area contributed by atoms with Crippen molar-refractivity contribution in [1.82, 2.24) is 0 Å². The molecule has 1 aromatic rings. The fourth-order valence-electron chi connectivity index (χ4n) is 2.35. The SMILES string of the molecule is OC1CC=C(c2ccc(C3CO3)c(F)c2Cl)CC1. The second-order valence-electron chi connectivity index (χ2n) is 4.81. The number of allylic oxidation sites excluding steroid dienone is 1. The van der Waals surface area contributed by atoms with Crippen molar-refractivity contribution in [3.05, 3.63) is 40.2 Å². The summed E-state index contributed by atoms with van der Waals surface area (Å²) in [7, 11) is 0. The number of aliphatic hydroxyl groups excluding tert-OH is 1. The maximum atomic E-state index is 14.1. The van der Waals surface area contributed by atoms with Gasteiger partial charge < -0.3 is 9.84 Å². The van der Waals surface area contributed by atoms with Crippen molar-refractivity contribution in [3.63, 3.8) is 0 Å². The second kappa shape index (κ2) is 4.65. The Morgan fingerprint density at radius 3 is 2.78 bits per heavy atom. The lowest BCUT2D eigenvalue weighted by atomic mass is 9.91. The van der Waals surface area contributed by atoms with Gasteiger partial charge in [0.2, 0.25) is 0 Å². The van der Waals surface area contributed by atoms with Crippen molar-refractivity contribution >= 4 is 17.2 Å². The molecule has 1 N–H and O–H groups in total. The van der Waals surface area contributed by atoms with E-state index in [0.29, 0.717) is 25.0 Å². The quantitative estimate of drug-likeness (QED) is 0.833. The lowest BCUT2D eigenvalue weighted by Crippen LogP contribution is -2.10. The molecule has 2 aliphatic rings. The Hall–Kier alpha value is -0.900. The summed E-state index contributed by atoms with van der Waals surface area (Å²) in [5.41, 5.74) is 2.30. The average Bonchev–Trinajstić information content (AvgIpc) is 3.18. The largest absolute Gasteiger partial charge is 0.393 e. The molecule has 0 aromatic heterocycles. The Morgan fingerprint density at radius 2 is 2.17 bits per heavy atom. The molecule has 0 amide bonds. The Morgan fingerprint density at radius 1 is 1.39 bits per heavy atom. The van der Waals surface area contributed by atoms with Crippen LogP contribution < -0.4 is 0 Å². The molecule has 96 valence electrons. The maximum Gasteiger partial charge on any atom is 0.148 e. The summed E-state index contributed by atoms with van der Waals surface area (Å²) in [6.07, 6.45) is 3.59. The first-order chi connectivity index (χ1) is 8.66. The van der Waals surface area contributed by atoms with E-state index in [1.165, 1.54) is 0 Å². The van der Waals surface area contributed by atoms with Gasteiger partial charge in [0.25, 0.3) is 0 Å². The van der Waals surface area contributed by atoms with Gasteiger partial charge >= 0.3 is 0 Å². The number of hydrogen-bond acceptors (Lipinski definition) is 2. The van der Waals surface area contributed by atoms with E-state index in [1.54, 1.807) is 6.07 Å². The van der Waals surface area contributed by atoms with Crippen LogP contribution in [0.5, 0.6) is 0 Å². The highest BCUT2D eigenvalue weighted by Crippen LogP contribution is 2.39. The van der Waals surface area contributed by atoms with E-state index in [0.717, 1.165) is 17.6 Å². The van der Waals surface area contributed by atoms with E-state index in [4.69, 9.17) is 16.3 Å². The molecule has 2 unspecified atom stereocenters. The van der Waals surface area contributed by atoms with Gasteiger partial charge in [0.1, 0.15) is 11.9 Å². The number of rotatable bonds is 2. The zero-order valence-corrected chi connectivity index (χ0v) is 10.6. The van der Waals surface area contributed by atoms with Crippen molar-refractivity contribution in [2.24, 2.45) is 0 Å². The zero-order chi connectivity index (χ0) is 12.7. The summed E-state index contributed by atoms with van der Waals surface area (Å²) in [6.45, 7) is 0.571. The summed E-state index contributed by atoms with van der Waals surface area (Å²) in [6, 6.07) is 3.60. The Labute approximate surface area is 110 Å².